The lowest BCUT2D eigenvalue weighted by atomic mass is 10.1. The summed E-state index contributed by atoms with van der Waals surface area (Å²) in [5.41, 5.74) is 1.34. The highest BCUT2D eigenvalue weighted by atomic mass is 19.1. The van der Waals surface area contributed by atoms with Gasteiger partial charge < -0.3 is 5.11 Å². The molecule has 0 saturated carbocycles. The fraction of sp³-hybridized carbons (Fsp3) is 0.111. The summed E-state index contributed by atoms with van der Waals surface area (Å²) in [7, 11) is 0. The smallest absolute Gasteiger partial charge is 0.182 e. The lowest BCUT2D eigenvalue weighted by Crippen LogP contribution is -1.88. The van der Waals surface area contributed by atoms with Crippen molar-refractivity contribution in [2.75, 3.05) is 0 Å². The third-order valence-corrected chi connectivity index (χ3v) is 1.83. The molecule has 1 aromatic rings. The van der Waals surface area contributed by atoms with E-state index in [-0.39, 0.29) is 5.76 Å². The molecule has 1 nitrogen and oxygen atoms in total. The molecular formula is C9H7FO. The molecule has 11 heavy (non-hydrogen) atoms. The van der Waals surface area contributed by atoms with Crippen molar-refractivity contribution in [3.05, 3.63) is 41.2 Å². The molecule has 1 aliphatic carbocycles. The number of fused-ring (bicyclic) bond motifs is 1. The standard InChI is InChI=1S/C9H7FO/c10-9-7-4-2-1-3-6(7)5-8(9)11/h1-5,9,11H. The average molecular weight is 150 g/mol. The van der Waals surface area contributed by atoms with Gasteiger partial charge in [-0.3, -0.25) is 0 Å². The Hall–Kier alpha value is -1.31. The van der Waals surface area contributed by atoms with Gasteiger partial charge in [-0.25, -0.2) is 4.39 Å². The molecule has 1 N–H and O–H groups in total. The van der Waals surface area contributed by atoms with Gasteiger partial charge in [0, 0.05) is 5.56 Å². The summed E-state index contributed by atoms with van der Waals surface area (Å²) in [6.45, 7) is 0. The SMILES string of the molecule is OC1=Cc2ccccc2C1F. The highest BCUT2D eigenvalue weighted by Gasteiger charge is 2.23. The van der Waals surface area contributed by atoms with Crippen molar-refractivity contribution in [2.24, 2.45) is 0 Å². The van der Waals surface area contributed by atoms with Crippen LogP contribution in [0.4, 0.5) is 4.39 Å². The van der Waals surface area contributed by atoms with Crippen molar-refractivity contribution >= 4 is 6.08 Å². The number of aliphatic hydroxyl groups excluding tert-OH is 1. The first-order chi connectivity index (χ1) is 5.29. The van der Waals surface area contributed by atoms with Gasteiger partial charge in [-0.05, 0) is 11.6 Å². The zero-order valence-corrected chi connectivity index (χ0v) is 5.79. The Labute approximate surface area is 63.8 Å². The van der Waals surface area contributed by atoms with E-state index >= 15 is 0 Å². The average Bonchev–Trinajstić information content (AvgIpc) is 2.30. The van der Waals surface area contributed by atoms with Crippen LogP contribution in [0, 0.1) is 0 Å². The second-order valence-electron chi connectivity index (χ2n) is 2.56. The summed E-state index contributed by atoms with van der Waals surface area (Å²) >= 11 is 0. The van der Waals surface area contributed by atoms with Crippen molar-refractivity contribution in [2.45, 2.75) is 6.17 Å². The second kappa shape index (κ2) is 2.09. The number of hydrogen-bond acceptors (Lipinski definition) is 1. The van der Waals surface area contributed by atoms with E-state index in [2.05, 4.69) is 0 Å². The van der Waals surface area contributed by atoms with Crippen LogP contribution in [-0.4, -0.2) is 5.11 Å². The molecule has 1 atom stereocenters. The lowest BCUT2D eigenvalue weighted by Gasteiger charge is -2.00. The first-order valence-electron chi connectivity index (χ1n) is 3.42. The van der Waals surface area contributed by atoms with Crippen LogP contribution in [-0.2, 0) is 0 Å². The first-order valence-corrected chi connectivity index (χ1v) is 3.42. The van der Waals surface area contributed by atoms with Crippen molar-refractivity contribution in [1.29, 1.82) is 0 Å². The first kappa shape index (κ1) is 6.40. The largest absolute Gasteiger partial charge is 0.509 e. The van der Waals surface area contributed by atoms with Crippen molar-refractivity contribution < 1.29 is 9.50 Å². The Balaban J connectivity index is 2.58. The third kappa shape index (κ3) is 0.827. The van der Waals surface area contributed by atoms with Gasteiger partial charge in [-0.15, -0.1) is 0 Å². The third-order valence-electron chi connectivity index (χ3n) is 1.83. The minimum Gasteiger partial charge on any atom is -0.509 e. The minimum absolute atomic E-state index is 0.189. The van der Waals surface area contributed by atoms with Crippen molar-refractivity contribution in [3.8, 4) is 0 Å². The molecule has 2 heteroatoms. The van der Waals surface area contributed by atoms with Gasteiger partial charge in [0.15, 0.2) is 6.17 Å². The quantitative estimate of drug-likeness (QED) is 0.602. The molecule has 0 bridgehead atoms. The molecule has 0 amide bonds. The number of allylic oxidation sites excluding steroid dienone is 1. The summed E-state index contributed by atoms with van der Waals surface area (Å²) < 4.78 is 13.0. The summed E-state index contributed by atoms with van der Waals surface area (Å²) in [6, 6.07) is 7.04. The number of alkyl halides is 1. The highest BCUT2D eigenvalue weighted by Crippen LogP contribution is 2.34. The van der Waals surface area contributed by atoms with Gasteiger partial charge in [0.25, 0.3) is 0 Å². The van der Waals surface area contributed by atoms with Crippen LogP contribution in [0.15, 0.2) is 30.0 Å². The topological polar surface area (TPSA) is 20.2 Å². The predicted octanol–water partition coefficient (Wildman–Crippen LogP) is 2.61. The lowest BCUT2D eigenvalue weighted by molar-refractivity contribution is 0.274. The van der Waals surface area contributed by atoms with E-state index in [4.69, 9.17) is 5.11 Å². The molecule has 0 saturated heterocycles. The number of rotatable bonds is 0. The normalized spacial score (nSPS) is 21.2. The molecule has 0 radical (unpaired) electrons. The zero-order valence-electron chi connectivity index (χ0n) is 5.79. The molecule has 56 valence electrons. The molecule has 1 aromatic carbocycles. The van der Waals surface area contributed by atoms with Gasteiger partial charge in [-0.1, -0.05) is 24.3 Å². The number of aliphatic hydroxyl groups is 1. The molecule has 1 unspecified atom stereocenters. The Morgan fingerprint density at radius 1 is 1.27 bits per heavy atom. The van der Waals surface area contributed by atoms with Gasteiger partial charge in [0.1, 0.15) is 5.76 Å². The van der Waals surface area contributed by atoms with Crippen LogP contribution in [0.1, 0.15) is 17.3 Å². The van der Waals surface area contributed by atoms with Crippen LogP contribution in [0.2, 0.25) is 0 Å². The second-order valence-corrected chi connectivity index (χ2v) is 2.56. The van der Waals surface area contributed by atoms with Gasteiger partial charge in [0.05, 0.1) is 0 Å². The highest BCUT2D eigenvalue weighted by molar-refractivity contribution is 5.63. The maximum Gasteiger partial charge on any atom is 0.182 e. The van der Waals surface area contributed by atoms with E-state index in [0.717, 1.165) is 5.56 Å². The van der Waals surface area contributed by atoms with Crippen LogP contribution >= 0.6 is 0 Å². The summed E-state index contributed by atoms with van der Waals surface area (Å²) in [6.07, 6.45) is 0.145. The van der Waals surface area contributed by atoms with Gasteiger partial charge in [0.2, 0.25) is 0 Å². The van der Waals surface area contributed by atoms with E-state index in [1.807, 2.05) is 6.07 Å². The number of benzene rings is 1. The van der Waals surface area contributed by atoms with E-state index in [9.17, 15) is 4.39 Å². The molecule has 0 aliphatic heterocycles. The Morgan fingerprint density at radius 2 is 2.00 bits per heavy atom. The maximum absolute atomic E-state index is 13.0. The molecule has 2 rings (SSSR count). The molecular weight excluding hydrogens is 143 g/mol. The van der Waals surface area contributed by atoms with Gasteiger partial charge in [-0.2, -0.15) is 0 Å². The Bertz CT molecular complexity index is 317. The molecule has 1 aliphatic rings. The van der Waals surface area contributed by atoms with Crippen LogP contribution in [0.3, 0.4) is 0 Å². The van der Waals surface area contributed by atoms with E-state index in [0.29, 0.717) is 5.56 Å². The van der Waals surface area contributed by atoms with E-state index in [1.54, 1.807) is 18.2 Å². The monoisotopic (exact) mass is 150 g/mol. The van der Waals surface area contributed by atoms with Crippen LogP contribution < -0.4 is 0 Å². The molecule has 0 spiro atoms. The molecule has 0 fully saturated rings. The fourth-order valence-corrected chi connectivity index (χ4v) is 1.26. The Morgan fingerprint density at radius 3 is 2.73 bits per heavy atom. The number of halogens is 1. The Kier molecular flexibility index (Phi) is 1.22. The predicted molar refractivity (Wildman–Crippen MR) is 40.9 cm³/mol. The zero-order chi connectivity index (χ0) is 7.84. The van der Waals surface area contributed by atoms with E-state index < -0.39 is 6.17 Å². The van der Waals surface area contributed by atoms with Crippen molar-refractivity contribution in [3.63, 3.8) is 0 Å². The fourth-order valence-electron chi connectivity index (χ4n) is 1.26. The minimum atomic E-state index is -1.31. The van der Waals surface area contributed by atoms with Crippen LogP contribution in [0.25, 0.3) is 6.08 Å². The van der Waals surface area contributed by atoms with Crippen LogP contribution in [0.5, 0.6) is 0 Å². The summed E-state index contributed by atoms with van der Waals surface area (Å²) in [5.74, 6) is -0.189. The number of hydrogen-bond donors (Lipinski definition) is 1. The van der Waals surface area contributed by atoms with Crippen molar-refractivity contribution in [1.82, 2.24) is 0 Å². The summed E-state index contributed by atoms with van der Waals surface area (Å²) in [4.78, 5) is 0. The van der Waals surface area contributed by atoms with Gasteiger partial charge >= 0.3 is 0 Å². The summed E-state index contributed by atoms with van der Waals surface area (Å²) in [5, 5.41) is 9.01. The van der Waals surface area contributed by atoms with E-state index in [1.165, 1.54) is 6.08 Å². The molecule has 0 aromatic heterocycles. The molecule has 0 heterocycles. The maximum atomic E-state index is 13.0.